The van der Waals surface area contributed by atoms with Gasteiger partial charge >= 0.3 is 0 Å². The summed E-state index contributed by atoms with van der Waals surface area (Å²) in [7, 11) is -3.98. The Hall–Kier alpha value is -5.42. The lowest BCUT2D eigenvalue weighted by Gasteiger charge is -2.41. The van der Waals surface area contributed by atoms with Crippen molar-refractivity contribution in [2.24, 2.45) is 5.92 Å². The second-order valence-electron chi connectivity index (χ2n) is 14.2. The summed E-state index contributed by atoms with van der Waals surface area (Å²) in [4.78, 5) is 13.7. The fourth-order valence-electron chi connectivity index (χ4n) is 6.61. The molecule has 300 valence electrons. The smallest absolute Gasteiger partial charge is 0.241 e. The van der Waals surface area contributed by atoms with Crippen LogP contribution in [0, 0.1) is 12.8 Å². The van der Waals surface area contributed by atoms with Crippen LogP contribution in [-0.4, -0.2) is 62.6 Å². The van der Waals surface area contributed by atoms with Crippen molar-refractivity contribution in [1.29, 1.82) is 0 Å². The summed E-state index contributed by atoms with van der Waals surface area (Å²) in [6.07, 6.45) is -1.19. The number of aromatic hydroxyl groups is 1. The van der Waals surface area contributed by atoms with Crippen molar-refractivity contribution in [2.75, 3.05) is 5.75 Å². The highest BCUT2D eigenvalue weighted by molar-refractivity contribution is 7.99. The molecule has 4 N–H and O–H groups in total. The van der Waals surface area contributed by atoms with Crippen LogP contribution in [0.25, 0.3) is 5.69 Å². The van der Waals surface area contributed by atoms with Crippen molar-refractivity contribution in [1.82, 2.24) is 30.2 Å². The van der Waals surface area contributed by atoms with Gasteiger partial charge in [-0.15, -0.1) is 5.10 Å². The monoisotopic (exact) mass is 820 g/mol. The zero-order chi connectivity index (χ0) is 40.6. The van der Waals surface area contributed by atoms with E-state index in [2.05, 4.69) is 32.5 Å². The maximum Gasteiger partial charge on any atom is 0.241 e. The molecule has 5 atom stereocenters. The van der Waals surface area contributed by atoms with Gasteiger partial charge in [0, 0.05) is 23.8 Å². The Balaban J connectivity index is 1.05. The predicted molar refractivity (Wildman–Crippen MR) is 218 cm³/mol. The summed E-state index contributed by atoms with van der Waals surface area (Å²) in [6, 6.07) is 36.6. The fraction of sp³-hybridized carbons (Fsp3) is 0.256. The number of hydrogen-bond donors (Lipinski definition) is 4. The van der Waals surface area contributed by atoms with E-state index in [1.54, 1.807) is 41.1 Å². The number of aliphatic hydroxyl groups is 1. The van der Waals surface area contributed by atoms with Crippen molar-refractivity contribution in [2.45, 2.75) is 68.0 Å². The number of amides is 1. The lowest BCUT2D eigenvalue weighted by Crippen LogP contribution is -2.47. The molecule has 1 fully saturated rings. The van der Waals surface area contributed by atoms with Gasteiger partial charge in [-0.2, -0.15) is 9.40 Å². The van der Waals surface area contributed by atoms with Gasteiger partial charge in [-0.1, -0.05) is 115 Å². The fourth-order valence-corrected chi connectivity index (χ4v) is 8.86. The normalized spacial score (nSPS) is 18.7. The molecule has 0 saturated carbocycles. The number of phenolic OH excluding ortho intramolecular Hbond substituents is 1. The minimum atomic E-state index is -3.98. The second-order valence-corrected chi connectivity index (χ2v) is 16.9. The molecule has 0 aliphatic carbocycles. The van der Waals surface area contributed by atoms with Crippen LogP contribution in [0.3, 0.4) is 0 Å². The first-order valence-corrected chi connectivity index (χ1v) is 21.2. The maximum atomic E-state index is 13.6. The quantitative estimate of drug-likeness (QED) is 0.0900. The molecule has 1 aliphatic heterocycles. The summed E-state index contributed by atoms with van der Waals surface area (Å²) >= 11 is 1.45. The van der Waals surface area contributed by atoms with Crippen LogP contribution in [0.15, 0.2) is 137 Å². The van der Waals surface area contributed by atoms with Crippen LogP contribution in [0.4, 0.5) is 0 Å². The van der Waals surface area contributed by atoms with E-state index in [9.17, 15) is 23.4 Å². The number of sulfonamides is 1. The topological polar surface area (TPSA) is 178 Å². The number of tetrazole rings is 1. The molecule has 5 aromatic carbocycles. The van der Waals surface area contributed by atoms with E-state index in [0.717, 1.165) is 33.4 Å². The highest BCUT2D eigenvalue weighted by Crippen LogP contribution is 2.43. The number of hydrogen-bond acceptors (Lipinski definition) is 11. The largest absolute Gasteiger partial charge is 0.508 e. The van der Waals surface area contributed by atoms with E-state index in [0.29, 0.717) is 16.6 Å². The van der Waals surface area contributed by atoms with Crippen molar-refractivity contribution >= 4 is 27.7 Å². The number of nitrogens with zero attached hydrogens (tertiary/aromatic N) is 4. The first-order chi connectivity index (χ1) is 28.1. The number of phenols is 1. The minimum absolute atomic E-state index is 0.0639. The highest BCUT2D eigenvalue weighted by atomic mass is 32.2. The summed E-state index contributed by atoms with van der Waals surface area (Å²) in [6.45, 7) is 4.05. The second kappa shape index (κ2) is 18.4. The molecule has 1 aliphatic rings. The van der Waals surface area contributed by atoms with Gasteiger partial charge in [0.2, 0.25) is 21.1 Å². The number of benzene rings is 5. The van der Waals surface area contributed by atoms with Crippen LogP contribution in [0.2, 0.25) is 0 Å². The van der Waals surface area contributed by atoms with E-state index >= 15 is 0 Å². The predicted octanol–water partition coefficient (Wildman–Crippen LogP) is 5.96. The molecule has 13 nitrogen and oxygen atoms in total. The van der Waals surface area contributed by atoms with E-state index in [1.807, 2.05) is 85.8 Å². The average Bonchev–Trinajstić information content (AvgIpc) is 3.72. The summed E-state index contributed by atoms with van der Waals surface area (Å²) in [5, 5.41) is 35.1. The lowest BCUT2D eigenvalue weighted by atomic mass is 9.91. The molecular formula is C43H44N6O7S2. The number of aryl methyl sites for hydroxylation is 1. The Morgan fingerprint density at radius 1 is 0.845 bits per heavy atom. The molecule has 7 rings (SSSR count). The maximum absolute atomic E-state index is 13.6. The number of rotatable bonds is 15. The van der Waals surface area contributed by atoms with Gasteiger partial charge in [0.05, 0.1) is 29.4 Å². The van der Waals surface area contributed by atoms with Gasteiger partial charge in [-0.3, -0.25) is 4.79 Å². The molecule has 58 heavy (non-hydrogen) atoms. The Morgan fingerprint density at radius 3 is 2.21 bits per heavy atom. The number of thioether (sulfide) groups is 1. The van der Waals surface area contributed by atoms with Crippen LogP contribution < -0.4 is 10.0 Å². The first kappa shape index (κ1) is 40.8. The molecule has 0 unspecified atom stereocenters. The molecule has 0 spiro atoms. The Morgan fingerprint density at radius 2 is 1.52 bits per heavy atom. The number of carbonyl (C=O) groups excluding carboxylic acids is 1. The van der Waals surface area contributed by atoms with Gasteiger partial charge in [0.25, 0.3) is 0 Å². The molecule has 0 bridgehead atoms. The first-order valence-electron chi connectivity index (χ1n) is 18.8. The van der Waals surface area contributed by atoms with Crippen LogP contribution in [0.1, 0.15) is 52.7 Å². The highest BCUT2D eigenvalue weighted by Gasteiger charge is 2.39. The SMILES string of the molecule is Cc1ccc(S(=O)(=O)N[C@H](Cc2ccccc2)C(=O)NCc2ccc([C@@H]3O[C@H](CSc4nnnn4-c4ccc(O)cc4)[C@H](C)[C@H](c4ccc(CO)cc4)O3)cc2)cc1. The van der Waals surface area contributed by atoms with Gasteiger partial charge in [0.15, 0.2) is 6.29 Å². The molecule has 1 saturated heterocycles. The Labute approximate surface area is 341 Å². The lowest BCUT2D eigenvalue weighted by molar-refractivity contribution is -0.268. The van der Waals surface area contributed by atoms with Crippen molar-refractivity contribution in [3.8, 4) is 11.4 Å². The molecule has 15 heteroatoms. The number of ether oxygens (including phenoxy) is 2. The van der Waals surface area contributed by atoms with E-state index < -0.39 is 28.3 Å². The number of carbonyl (C=O) groups is 1. The van der Waals surface area contributed by atoms with Gasteiger partial charge in [0.1, 0.15) is 11.8 Å². The van der Waals surface area contributed by atoms with Crippen molar-refractivity contribution in [3.63, 3.8) is 0 Å². The summed E-state index contributed by atoms with van der Waals surface area (Å²) in [5.41, 5.74) is 5.76. The molecule has 2 heterocycles. The van der Waals surface area contributed by atoms with E-state index in [4.69, 9.17) is 9.47 Å². The Kier molecular flexibility index (Phi) is 13.0. The van der Waals surface area contributed by atoms with Crippen molar-refractivity contribution in [3.05, 3.63) is 161 Å². The summed E-state index contributed by atoms with van der Waals surface area (Å²) in [5.74, 6) is 0.114. The van der Waals surface area contributed by atoms with Crippen LogP contribution in [0.5, 0.6) is 5.75 Å². The zero-order valence-electron chi connectivity index (χ0n) is 31.9. The van der Waals surface area contributed by atoms with E-state index in [1.165, 1.54) is 23.9 Å². The third-order valence-electron chi connectivity index (χ3n) is 9.98. The number of aromatic nitrogens is 4. The van der Waals surface area contributed by atoms with Crippen molar-refractivity contribution < 1.29 is 32.9 Å². The number of nitrogens with one attached hydrogen (secondary N) is 2. The molecule has 1 amide bonds. The Bertz CT molecular complexity index is 2380. The van der Waals surface area contributed by atoms with Gasteiger partial charge < -0.3 is 25.0 Å². The molecular weight excluding hydrogens is 777 g/mol. The standard InChI is InChI=1S/C43H44N6O7S2/c1-28-8-22-37(23-9-28)58(53,54)46-38(24-30-6-4-3-5-7-30)41(52)44-25-31-10-16-34(17-11-31)42-55-39(29(2)40(56-42)33-14-12-32(26-50)13-15-33)27-57-43-45-47-48-49(43)35-18-20-36(51)21-19-35/h3-23,29,38-40,42,46,50-51H,24-27H2,1-2H3,(H,44,52)/t29-,38+,39+,40+,42+/m0/s1. The zero-order valence-corrected chi connectivity index (χ0v) is 33.5. The van der Waals surface area contributed by atoms with Crippen LogP contribution >= 0.6 is 11.8 Å². The van der Waals surface area contributed by atoms with Gasteiger partial charge in [-0.05, 0) is 82.4 Å². The van der Waals surface area contributed by atoms with Crippen LogP contribution in [-0.2, 0) is 43.9 Å². The molecule has 1 aromatic heterocycles. The minimum Gasteiger partial charge on any atom is -0.508 e. The molecule has 6 aromatic rings. The average molecular weight is 821 g/mol. The molecule has 0 radical (unpaired) electrons. The van der Waals surface area contributed by atoms with Gasteiger partial charge in [-0.25, -0.2) is 8.42 Å². The number of aliphatic hydroxyl groups excluding tert-OH is 1. The van der Waals surface area contributed by atoms with E-state index in [-0.39, 0.29) is 48.3 Å². The summed E-state index contributed by atoms with van der Waals surface area (Å²) < 4.78 is 44.2. The third kappa shape index (κ3) is 9.99. The third-order valence-corrected chi connectivity index (χ3v) is 12.5.